The van der Waals surface area contributed by atoms with Crippen molar-refractivity contribution >= 4 is 23.3 Å². The number of fused-ring (bicyclic) bond motifs is 5. The first-order valence-corrected chi connectivity index (χ1v) is 11.1. The highest BCUT2D eigenvalue weighted by atomic mass is 32.2. The van der Waals surface area contributed by atoms with E-state index in [1.807, 2.05) is 11.8 Å². The summed E-state index contributed by atoms with van der Waals surface area (Å²) in [6.07, 6.45) is 13.8. The van der Waals surface area contributed by atoms with Gasteiger partial charge in [-0.2, -0.15) is 11.8 Å². The standard InChI is InChI=1S/C21H30O2S/c1-20-9-8-18-16(17(20)5-6-19(20)23)4-3-14-13-15(22)7-10-21(14,18)11-12-24-2/h8,14,16-17H,3-7,9-13H2,1-2H3/t14-,16?,17?,20-,21+/m0/s1. The first-order valence-electron chi connectivity index (χ1n) is 9.76. The highest BCUT2D eigenvalue weighted by Crippen LogP contribution is 2.64. The number of thioether (sulfide) groups is 1. The summed E-state index contributed by atoms with van der Waals surface area (Å²) in [4.78, 5) is 24.6. The van der Waals surface area contributed by atoms with Crippen LogP contribution in [0.1, 0.15) is 64.7 Å². The summed E-state index contributed by atoms with van der Waals surface area (Å²) >= 11 is 1.94. The van der Waals surface area contributed by atoms with Crippen LogP contribution in [0.15, 0.2) is 11.6 Å². The molecule has 3 fully saturated rings. The lowest BCUT2D eigenvalue weighted by molar-refractivity contribution is -0.128. The molecule has 24 heavy (non-hydrogen) atoms. The third-order valence-electron chi connectivity index (χ3n) is 8.03. The normalized spacial score (nSPS) is 44.6. The van der Waals surface area contributed by atoms with Gasteiger partial charge in [0, 0.05) is 24.7 Å². The number of hydrogen-bond acceptors (Lipinski definition) is 3. The van der Waals surface area contributed by atoms with Crippen molar-refractivity contribution in [1.82, 2.24) is 0 Å². The summed E-state index contributed by atoms with van der Waals surface area (Å²) in [7, 11) is 0. The van der Waals surface area contributed by atoms with E-state index >= 15 is 0 Å². The van der Waals surface area contributed by atoms with E-state index < -0.39 is 0 Å². The number of ketones is 2. The van der Waals surface area contributed by atoms with Crippen LogP contribution >= 0.6 is 11.8 Å². The molecule has 5 atom stereocenters. The van der Waals surface area contributed by atoms with Crippen LogP contribution in [0.25, 0.3) is 0 Å². The molecule has 2 unspecified atom stereocenters. The quantitative estimate of drug-likeness (QED) is 0.687. The zero-order valence-corrected chi connectivity index (χ0v) is 15.9. The number of Topliss-reactive ketones (excluding diaryl/α,β-unsaturated/α-hetero) is 2. The summed E-state index contributed by atoms with van der Waals surface area (Å²) in [5.74, 6) is 3.92. The van der Waals surface area contributed by atoms with Crippen molar-refractivity contribution in [3.8, 4) is 0 Å². The maximum atomic E-state index is 12.5. The molecule has 132 valence electrons. The minimum absolute atomic E-state index is 0.0911. The molecule has 0 bridgehead atoms. The van der Waals surface area contributed by atoms with Crippen LogP contribution < -0.4 is 0 Å². The molecular formula is C21H30O2S. The maximum absolute atomic E-state index is 12.5. The highest BCUT2D eigenvalue weighted by molar-refractivity contribution is 7.98. The Morgan fingerprint density at radius 1 is 1.21 bits per heavy atom. The van der Waals surface area contributed by atoms with Crippen LogP contribution in [0.3, 0.4) is 0 Å². The van der Waals surface area contributed by atoms with Gasteiger partial charge in [-0.3, -0.25) is 9.59 Å². The van der Waals surface area contributed by atoms with E-state index in [1.165, 1.54) is 25.0 Å². The summed E-state index contributed by atoms with van der Waals surface area (Å²) in [5.41, 5.74) is 1.86. The molecule has 0 heterocycles. The van der Waals surface area contributed by atoms with Crippen molar-refractivity contribution in [3.05, 3.63) is 11.6 Å². The van der Waals surface area contributed by atoms with Crippen LogP contribution in [0.5, 0.6) is 0 Å². The Kier molecular flexibility index (Phi) is 4.22. The Bertz CT molecular complexity index is 595. The molecular weight excluding hydrogens is 316 g/mol. The van der Waals surface area contributed by atoms with Gasteiger partial charge in [-0.25, -0.2) is 0 Å². The molecule has 0 N–H and O–H groups in total. The number of rotatable bonds is 3. The second kappa shape index (κ2) is 6.00. The summed E-state index contributed by atoms with van der Waals surface area (Å²) in [5, 5.41) is 0. The fraction of sp³-hybridized carbons (Fsp3) is 0.810. The van der Waals surface area contributed by atoms with E-state index in [9.17, 15) is 9.59 Å². The van der Waals surface area contributed by atoms with Gasteiger partial charge >= 0.3 is 0 Å². The van der Waals surface area contributed by atoms with Crippen molar-refractivity contribution in [2.75, 3.05) is 12.0 Å². The third kappa shape index (κ3) is 2.29. The Labute approximate surface area is 150 Å². The van der Waals surface area contributed by atoms with Crippen molar-refractivity contribution in [2.24, 2.45) is 28.6 Å². The van der Waals surface area contributed by atoms with E-state index in [0.717, 1.165) is 38.5 Å². The number of carbonyl (C=O) groups is 2. The van der Waals surface area contributed by atoms with Gasteiger partial charge in [0.25, 0.3) is 0 Å². The molecule has 0 saturated heterocycles. The van der Waals surface area contributed by atoms with Gasteiger partial charge in [0.2, 0.25) is 0 Å². The van der Waals surface area contributed by atoms with Crippen molar-refractivity contribution in [1.29, 1.82) is 0 Å². The van der Waals surface area contributed by atoms with Crippen molar-refractivity contribution < 1.29 is 9.59 Å². The molecule has 0 aromatic heterocycles. The Balaban J connectivity index is 1.72. The summed E-state index contributed by atoms with van der Waals surface area (Å²) in [6, 6.07) is 0. The van der Waals surface area contributed by atoms with Gasteiger partial charge in [0.15, 0.2) is 0 Å². The van der Waals surface area contributed by atoms with E-state index in [1.54, 1.807) is 5.57 Å². The second-order valence-electron chi connectivity index (χ2n) is 8.87. The van der Waals surface area contributed by atoms with E-state index in [4.69, 9.17) is 0 Å². The van der Waals surface area contributed by atoms with Crippen molar-refractivity contribution in [3.63, 3.8) is 0 Å². The second-order valence-corrected chi connectivity index (χ2v) is 9.86. The van der Waals surface area contributed by atoms with E-state index in [2.05, 4.69) is 19.3 Å². The van der Waals surface area contributed by atoms with Gasteiger partial charge in [-0.05, 0) is 73.7 Å². The van der Waals surface area contributed by atoms with Gasteiger partial charge in [0.1, 0.15) is 11.6 Å². The molecule has 0 aliphatic heterocycles. The SMILES string of the molecule is CSCC[C@]12CCC(=O)C[C@@H]1CCC1C2=CC[C@]2(C)C(=O)CCC12. The van der Waals surface area contributed by atoms with Crippen LogP contribution in [-0.4, -0.2) is 23.6 Å². The first-order chi connectivity index (χ1) is 11.5. The molecule has 0 aromatic carbocycles. The molecule has 0 aromatic rings. The monoisotopic (exact) mass is 346 g/mol. The Hall–Kier alpha value is -0.570. The van der Waals surface area contributed by atoms with Crippen LogP contribution in [-0.2, 0) is 9.59 Å². The van der Waals surface area contributed by atoms with Gasteiger partial charge in [0.05, 0.1) is 0 Å². The largest absolute Gasteiger partial charge is 0.300 e. The first kappa shape index (κ1) is 16.9. The van der Waals surface area contributed by atoms with E-state index in [-0.39, 0.29) is 10.8 Å². The van der Waals surface area contributed by atoms with Crippen LogP contribution in [0, 0.1) is 28.6 Å². The number of hydrogen-bond donors (Lipinski definition) is 0. The Morgan fingerprint density at radius 2 is 2.04 bits per heavy atom. The molecule has 3 heteroatoms. The van der Waals surface area contributed by atoms with Gasteiger partial charge in [-0.1, -0.05) is 18.6 Å². The highest BCUT2D eigenvalue weighted by Gasteiger charge is 2.58. The Morgan fingerprint density at radius 3 is 2.83 bits per heavy atom. The van der Waals surface area contributed by atoms with Gasteiger partial charge < -0.3 is 0 Å². The number of carbonyl (C=O) groups excluding carboxylic acids is 2. The van der Waals surface area contributed by atoms with Crippen molar-refractivity contribution in [2.45, 2.75) is 64.7 Å². The average molecular weight is 347 g/mol. The zero-order chi connectivity index (χ0) is 16.9. The molecule has 4 aliphatic carbocycles. The molecule has 4 aliphatic rings. The average Bonchev–Trinajstić information content (AvgIpc) is 2.88. The minimum Gasteiger partial charge on any atom is -0.300 e. The molecule has 2 nitrogen and oxygen atoms in total. The van der Waals surface area contributed by atoms with Gasteiger partial charge in [-0.15, -0.1) is 0 Å². The predicted octanol–water partition coefficient (Wildman–Crippen LogP) is 4.82. The maximum Gasteiger partial charge on any atom is 0.139 e. The van der Waals surface area contributed by atoms with Crippen LogP contribution in [0.2, 0.25) is 0 Å². The molecule has 3 saturated carbocycles. The van der Waals surface area contributed by atoms with Crippen LogP contribution in [0.4, 0.5) is 0 Å². The molecule has 0 amide bonds. The lowest BCUT2D eigenvalue weighted by Gasteiger charge is -2.56. The topological polar surface area (TPSA) is 34.1 Å². The lowest BCUT2D eigenvalue weighted by Crippen LogP contribution is -2.49. The smallest absolute Gasteiger partial charge is 0.139 e. The minimum atomic E-state index is -0.0911. The number of allylic oxidation sites excluding steroid dienone is 2. The molecule has 0 radical (unpaired) electrons. The third-order valence-corrected chi connectivity index (χ3v) is 8.64. The summed E-state index contributed by atoms with van der Waals surface area (Å²) < 4.78 is 0. The molecule has 0 spiro atoms. The molecule has 4 rings (SSSR count). The predicted molar refractivity (Wildman–Crippen MR) is 99.0 cm³/mol. The zero-order valence-electron chi connectivity index (χ0n) is 15.1. The lowest BCUT2D eigenvalue weighted by atomic mass is 9.48. The van der Waals surface area contributed by atoms with E-state index in [0.29, 0.717) is 29.3 Å². The fourth-order valence-corrected chi connectivity index (χ4v) is 7.23. The fourth-order valence-electron chi connectivity index (χ4n) is 6.66. The summed E-state index contributed by atoms with van der Waals surface area (Å²) in [6.45, 7) is 2.23.